The Balaban J connectivity index is 2.82. The number of carbonyl (C=O) groups is 1. The van der Waals surface area contributed by atoms with Crippen molar-refractivity contribution in [1.29, 1.82) is 0 Å². The molecule has 1 aromatic heterocycles. The summed E-state index contributed by atoms with van der Waals surface area (Å²) in [6, 6.07) is 1.55. The van der Waals surface area contributed by atoms with Crippen molar-refractivity contribution >= 4 is 21.8 Å². The molecule has 0 fully saturated rings. The standard InChI is InChI=1S/C13H19BrN2O2/c1-13(2,3)11(4-6-14)16-12(18)9-5-7-15-8-10(9)17/h5,7-8,11,17H,4,6H2,1-3H3,(H,16,18). The third-order valence-corrected chi connectivity index (χ3v) is 3.25. The number of nitrogens with one attached hydrogen (secondary N) is 1. The van der Waals surface area contributed by atoms with Crippen LogP contribution in [0.25, 0.3) is 0 Å². The molecule has 0 aliphatic heterocycles. The Labute approximate surface area is 116 Å². The summed E-state index contributed by atoms with van der Waals surface area (Å²) >= 11 is 3.39. The summed E-state index contributed by atoms with van der Waals surface area (Å²) in [6.45, 7) is 6.23. The minimum atomic E-state index is -0.268. The van der Waals surface area contributed by atoms with Gasteiger partial charge in [-0.15, -0.1) is 0 Å². The zero-order valence-electron chi connectivity index (χ0n) is 10.9. The number of nitrogens with zero attached hydrogens (tertiary/aromatic N) is 1. The lowest BCUT2D eigenvalue weighted by molar-refractivity contribution is 0.0898. The Morgan fingerprint density at radius 3 is 2.72 bits per heavy atom. The molecule has 2 N–H and O–H groups in total. The maximum atomic E-state index is 12.1. The van der Waals surface area contributed by atoms with Gasteiger partial charge in [-0.25, -0.2) is 0 Å². The van der Waals surface area contributed by atoms with E-state index in [1.54, 1.807) is 0 Å². The number of rotatable bonds is 4. The SMILES string of the molecule is CC(C)(C)C(CCBr)NC(=O)c1ccncc1O. The highest BCUT2D eigenvalue weighted by atomic mass is 79.9. The van der Waals surface area contributed by atoms with E-state index in [9.17, 15) is 9.90 Å². The first-order valence-electron chi connectivity index (χ1n) is 5.86. The largest absolute Gasteiger partial charge is 0.505 e. The van der Waals surface area contributed by atoms with Crippen molar-refractivity contribution in [1.82, 2.24) is 10.3 Å². The second-order valence-electron chi connectivity index (χ2n) is 5.26. The fourth-order valence-electron chi connectivity index (χ4n) is 1.64. The van der Waals surface area contributed by atoms with Crippen molar-refractivity contribution in [2.75, 3.05) is 5.33 Å². The Morgan fingerprint density at radius 2 is 2.22 bits per heavy atom. The van der Waals surface area contributed by atoms with E-state index in [1.165, 1.54) is 18.5 Å². The Bertz CT molecular complexity index is 416. The molecule has 0 aliphatic carbocycles. The molecule has 100 valence electrons. The molecule has 1 atom stereocenters. The Hall–Kier alpha value is -1.10. The predicted octanol–water partition coefficient (Wildman–Crippen LogP) is 2.72. The van der Waals surface area contributed by atoms with E-state index in [0.29, 0.717) is 0 Å². The fraction of sp³-hybridized carbons (Fsp3) is 0.538. The molecule has 0 bridgehead atoms. The number of halogens is 1. The number of carbonyl (C=O) groups excluding carboxylic acids is 1. The van der Waals surface area contributed by atoms with Gasteiger partial charge < -0.3 is 10.4 Å². The lowest BCUT2D eigenvalue weighted by atomic mass is 9.85. The first kappa shape index (κ1) is 15.0. The molecule has 18 heavy (non-hydrogen) atoms. The summed E-state index contributed by atoms with van der Waals surface area (Å²) < 4.78 is 0. The second kappa shape index (κ2) is 6.18. The number of amides is 1. The topological polar surface area (TPSA) is 62.2 Å². The van der Waals surface area contributed by atoms with Gasteiger partial charge in [0.05, 0.1) is 11.8 Å². The smallest absolute Gasteiger partial charge is 0.255 e. The van der Waals surface area contributed by atoms with Gasteiger partial charge in [-0.05, 0) is 17.9 Å². The normalized spacial score (nSPS) is 13.1. The monoisotopic (exact) mass is 314 g/mol. The molecule has 1 unspecified atom stereocenters. The van der Waals surface area contributed by atoms with Crippen LogP contribution in [-0.2, 0) is 0 Å². The average molecular weight is 315 g/mol. The lowest BCUT2D eigenvalue weighted by Crippen LogP contribution is -2.44. The summed E-state index contributed by atoms with van der Waals surface area (Å²) in [5.41, 5.74) is 0.223. The van der Waals surface area contributed by atoms with Gasteiger partial charge in [0.15, 0.2) is 0 Å². The van der Waals surface area contributed by atoms with Crippen LogP contribution in [0.5, 0.6) is 5.75 Å². The molecule has 5 heteroatoms. The van der Waals surface area contributed by atoms with E-state index in [-0.39, 0.29) is 28.7 Å². The summed E-state index contributed by atoms with van der Waals surface area (Å²) in [5.74, 6) is -0.364. The molecule has 0 saturated heterocycles. The van der Waals surface area contributed by atoms with Crippen molar-refractivity contribution in [2.45, 2.75) is 33.2 Å². The minimum Gasteiger partial charge on any atom is -0.505 e. The van der Waals surface area contributed by atoms with Crippen LogP contribution in [0.2, 0.25) is 0 Å². The summed E-state index contributed by atoms with van der Waals surface area (Å²) in [5, 5.41) is 13.4. The van der Waals surface area contributed by atoms with E-state index >= 15 is 0 Å². The number of alkyl halides is 1. The van der Waals surface area contributed by atoms with E-state index in [4.69, 9.17) is 0 Å². The fourth-order valence-corrected chi connectivity index (χ4v) is 2.10. The van der Waals surface area contributed by atoms with E-state index in [1.807, 2.05) is 0 Å². The first-order valence-corrected chi connectivity index (χ1v) is 6.98. The van der Waals surface area contributed by atoms with Gasteiger partial charge in [-0.1, -0.05) is 36.7 Å². The van der Waals surface area contributed by atoms with Crippen molar-refractivity contribution in [2.24, 2.45) is 5.41 Å². The minimum absolute atomic E-state index is 0.0356. The van der Waals surface area contributed by atoms with Crippen molar-refractivity contribution in [3.63, 3.8) is 0 Å². The molecule has 0 aliphatic rings. The quantitative estimate of drug-likeness (QED) is 0.840. The van der Waals surface area contributed by atoms with Crippen molar-refractivity contribution < 1.29 is 9.90 Å². The van der Waals surface area contributed by atoms with Crippen LogP contribution in [0, 0.1) is 5.41 Å². The zero-order valence-corrected chi connectivity index (χ0v) is 12.5. The molecule has 1 heterocycles. The number of hydrogen-bond acceptors (Lipinski definition) is 3. The van der Waals surface area contributed by atoms with E-state index in [2.05, 4.69) is 47.0 Å². The maximum Gasteiger partial charge on any atom is 0.255 e. The van der Waals surface area contributed by atoms with Gasteiger partial charge >= 0.3 is 0 Å². The zero-order chi connectivity index (χ0) is 13.8. The molecule has 0 spiro atoms. The average Bonchev–Trinajstić information content (AvgIpc) is 2.27. The Morgan fingerprint density at radius 1 is 1.56 bits per heavy atom. The maximum absolute atomic E-state index is 12.1. The summed E-state index contributed by atoms with van der Waals surface area (Å²) in [7, 11) is 0. The molecule has 0 radical (unpaired) electrons. The highest BCUT2D eigenvalue weighted by Crippen LogP contribution is 2.23. The molecule has 1 aromatic rings. The third-order valence-electron chi connectivity index (χ3n) is 2.79. The number of aromatic hydroxyl groups is 1. The summed E-state index contributed by atoms with van der Waals surface area (Å²) in [4.78, 5) is 15.8. The highest BCUT2D eigenvalue weighted by molar-refractivity contribution is 9.09. The molecular formula is C13H19BrN2O2. The molecule has 4 nitrogen and oxygen atoms in total. The molecule has 1 rings (SSSR count). The van der Waals surface area contributed by atoms with E-state index in [0.717, 1.165) is 11.8 Å². The van der Waals surface area contributed by atoms with Crippen molar-refractivity contribution in [3.8, 4) is 5.75 Å². The molecular weight excluding hydrogens is 296 g/mol. The van der Waals surface area contributed by atoms with Gasteiger partial charge in [0.1, 0.15) is 5.75 Å². The predicted molar refractivity (Wildman–Crippen MR) is 75.0 cm³/mol. The molecule has 0 saturated carbocycles. The van der Waals surface area contributed by atoms with Gasteiger partial charge in [0, 0.05) is 17.6 Å². The van der Waals surface area contributed by atoms with Crippen LogP contribution >= 0.6 is 15.9 Å². The number of aromatic nitrogens is 1. The van der Waals surface area contributed by atoms with Crippen LogP contribution in [0.15, 0.2) is 18.5 Å². The lowest BCUT2D eigenvalue weighted by Gasteiger charge is -2.31. The number of hydrogen-bond donors (Lipinski definition) is 2. The summed E-state index contributed by atoms with van der Waals surface area (Å²) in [6.07, 6.45) is 3.60. The number of pyridine rings is 1. The van der Waals surface area contributed by atoms with Crippen LogP contribution in [0.3, 0.4) is 0 Å². The van der Waals surface area contributed by atoms with Crippen LogP contribution < -0.4 is 5.32 Å². The van der Waals surface area contributed by atoms with Crippen LogP contribution in [0.4, 0.5) is 0 Å². The Kier molecular flexibility index (Phi) is 5.14. The van der Waals surface area contributed by atoms with E-state index < -0.39 is 0 Å². The van der Waals surface area contributed by atoms with Gasteiger partial charge in [0.2, 0.25) is 0 Å². The molecule has 1 amide bonds. The molecule has 0 aromatic carbocycles. The van der Waals surface area contributed by atoms with Gasteiger partial charge in [0.25, 0.3) is 5.91 Å². The van der Waals surface area contributed by atoms with Gasteiger partial charge in [-0.3, -0.25) is 9.78 Å². The van der Waals surface area contributed by atoms with Gasteiger partial charge in [-0.2, -0.15) is 0 Å². The second-order valence-corrected chi connectivity index (χ2v) is 6.06. The first-order chi connectivity index (χ1) is 8.36. The van der Waals surface area contributed by atoms with Crippen molar-refractivity contribution in [3.05, 3.63) is 24.0 Å². The van der Waals surface area contributed by atoms with Crippen LogP contribution in [-0.4, -0.2) is 27.4 Å². The third kappa shape index (κ3) is 3.98. The highest BCUT2D eigenvalue weighted by Gasteiger charge is 2.26. The van der Waals surface area contributed by atoms with Crippen LogP contribution in [0.1, 0.15) is 37.6 Å².